The zero-order valence-electron chi connectivity index (χ0n) is 12.8. The van der Waals surface area contributed by atoms with Gasteiger partial charge in [-0.3, -0.25) is 9.00 Å². The van der Waals surface area contributed by atoms with Gasteiger partial charge in [0.1, 0.15) is 0 Å². The Balaban J connectivity index is 0.00000400. The van der Waals surface area contributed by atoms with Gasteiger partial charge in [0.2, 0.25) is 5.91 Å². The number of nitrogens with one attached hydrogen (secondary N) is 1. The van der Waals surface area contributed by atoms with Gasteiger partial charge in [-0.05, 0) is 38.8 Å². The Hall–Kier alpha value is -1.07. The molecule has 0 fully saturated rings. The lowest BCUT2D eigenvalue weighted by molar-refractivity contribution is -0.120. The lowest BCUT2D eigenvalue weighted by atomic mass is 10.1. The first-order chi connectivity index (χ1) is 9.30. The number of halogens is 1. The topological polar surface area (TPSA) is 72.2 Å². The largest absolute Gasteiger partial charge is 0.399 e. The second-order valence-electron chi connectivity index (χ2n) is 5.71. The summed E-state index contributed by atoms with van der Waals surface area (Å²) in [6.07, 6.45) is 1.03. The molecule has 0 bridgehead atoms. The van der Waals surface area contributed by atoms with Crippen molar-refractivity contribution in [3.05, 3.63) is 29.8 Å². The number of para-hydroxylation sites is 1. The van der Waals surface area contributed by atoms with Crippen LogP contribution in [0.2, 0.25) is 0 Å². The molecule has 0 saturated carbocycles. The Morgan fingerprint density at radius 1 is 1.29 bits per heavy atom. The van der Waals surface area contributed by atoms with Crippen molar-refractivity contribution >= 4 is 34.8 Å². The first kappa shape index (κ1) is 19.9. The Labute approximate surface area is 135 Å². The quantitative estimate of drug-likeness (QED) is 0.785. The maximum Gasteiger partial charge on any atom is 0.220 e. The highest BCUT2D eigenvalue weighted by Crippen LogP contribution is 2.12. The lowest BCUT2D eigenvalue weighted by Crippen LogP contribution is -2.32. The third-order valence-electron chi connectivity index (χ3n) is 2.97. The van der Waals surface area contributed by atoms with Crippen molar-refractivity contribution in [3.63, 3.8) is 0 Å². The molecule has 1 aromatic rings. The molecular formula is C15H25ClN2O2S. The van der Waals surface area contributed by atoms with Gasteiger partial charge in [0.25, 0.3) is 0 Å². The SMILES string of the molecule is CC(C)(C)S(=O)CCNC(=O)CCc1ccccc1N.Cl. The zero-order valence-corrected chi connectivity index (χ0v) is 14.5. The van der Waals surface area contributed by atoms with Gasteiger partial charge >= 0.3 is 0 Å². The van der Waals surface area contributed by atoms with Crippen LogP contribution in [0.4, 0.5) is 5.69 Å². The highest BCUT2D eigenvalue weighted by atomic mass is 35.5. The fourth-order valence-electron chi connectivity index (χ4n) is 1.69. The zero-order chi connectivity index (χ0) is 15.2. The number of amides is 1. The number of benzene rings is 1. The second-order valence-corrected chi connectivity index (χ2v) is 8.03. The van der Waals surface area contributed by atoms with Crippen molar-refractivity contribution in [3.8, 4) is 0 Å². The fourth-order valence-corrected chi connectivity index (χ4v) is 2.59. The van der Waals surface area contributed by atoms with E-state index >= 15 is 0 Å². The Bertz CT molecular complexity index is 487. The van der Waals surface area contributed by atoms with Crippen LogP contribution < -0.4 is 11.1 Å². The van der Waals surface area contributed by atoms with Crippen molar-refractivity contribution in [1.29, 1.82) is 0 Å². The summed E-state index contributed by atoms with van der Waals surface area (Å²) in [5.74, 6) is 0.460. The summed E-state index contributed by atoms with van der Waals surface area (Å²) in [6.45, 7) is 6.25. The normalized spacial score (nSPS) is 12.3. The highest BCUT2D eigenvalue weighted by molar-refractivity contribution is 7.86. The molecule has 0 aliphatic heterocycles. The van der Waals surface area contributed by atoms with Crippen LogP contribution in [-0.2, 0) is 22.0 Å². The van der Waals surface area contributed by atoms with Crippen LogP contribution in [0.1, 0.15) is 32.8 Å². The molecule has 3 N–H and O–H groups in total. The van der Waals surface area contributed by atoms with Crippen LogP contribution >= 0.6 is 12.4 Å². The Morgan fingerprint density at radius 2 is 1.90 bits per heavy atom. The van der Waals surface area contributed by atoms with Crippen LogP contribution in [-0.4, -0.2) is 27.2 Å². The summed E-state index contributed by atoms with van der Waals surface area (Å²) >= 11 is 0. The Morgan fingerprint density at radius 3 is 2.48 bits per heavy atom. The van der Waals surface area contributed by atoms with Crippen LogP contribution in [0.25, 0.3) is 0 Å². The van der Waals surface area contributed by atoms with Gasteiger partial charge < -0.3 is 11.1 Å². The van der Waals surface area contributed by atoms with E-state index in [4.69, 9.17) is 5.73 Å². The van der Waals surface area contributed by atoms with Gasteiger partial charge in [0.15, 0.2) is 0 Å². The van der Waals surface area contributed by atoms with Gasteiger partial charge in [0, 0.05) is 40.0 Å². The average Bonchev–Trinajstić information content (AvgIpc) is 2.36. The van der Waals surface area contributed by atoms with E-state index in [-0.39, 0.29) is 23.1 Å². The molecule has 0 aromatic heterocycles. The minimum atomic E-state index is -0.932. The van der Waals surface area contributed by atoms with Crippen molar-refractivity contribution in [2.24, 2.45) is 0 Å². The second kappa shape index (κ2) is 9.05. The van der Waals surface area contributed by atoms with Gasteiger partial charge in [-0.1, -0.05) is 18.2 Å². The summed E-state index contributed by atoms with van der Waals surface area (Å²) in [6, 6.07) is 7.55. The number of anilines is 1. The molecule has 0 saturated heterocycles. The third-order valence-corrected chi connectivity index (χ3v) is 4.91. The molecule has 1 atom stereocenters. The van der Waals surface area contributed by atoms with E-state index in [1.165, 1.54) is 0 Å². The van der Waals surface area contributed by atoms with Crippen molar-refractivity contribution < 1.29 is 9.00 Å². The number of rotatable bonds is 6. The highest BCUT2D eigenvalue weighted by Gasteiger charge is 2.18. The molecule has 1 aromatic carbocycles. The number of nitrogen functional groups attached to an aromatic ring is 1. The van der Waals surface area contributed by atoms with Gasteiger partial charge in [-0.15, -0.1) is 12.4 Å². The molecule has 1 unspecified atom stereocenters. The summed E-state index contributed by atoms with van der Waals surface area (Å²) < 4.78 is 11.6. The van der Waals surface area contributed by atoms with Crippen LogP contribution in [0, 0.1) is 0 Å². The summed E-state index contributed by atoms with van der Waals surface area (Å²) in [7, 11) is -0.932. The average molecular weight is 333 g/mol. The Kier molecular flexibility index (Phi) is 8.59. The fraction of sp³-hybridized carbons (Fsp3) is 0.533. The van der Waals surface area contributed by atoms with E-state index in [0.29, 0.717) is 30.8 Å². The molecule has 0 heterocycles. The molecule has 21 heavy (non-hydrogen) atoms. The molecule has 1 rings (SSSR count). The third kappa shape index (κ3) is 7.48. The number of carbonyl (C=O) groups excluding carboxylic acids is 1. The minimum absolute atomic E-state index is 0. The van der Waals surface area contributed by atoms with Crippen molar-refractivity contribution in [2.45, 2.75) is 38.4 Å². The first-order valence-corrected chi connectivity index (χ1v) is 8.11. The maximum absolute atomic E-state index is 11.8. The van der Waals surface area contributed by atoms with Crippen molar-refractivity contribution in [1.82, 2.24) is 5.32 Å². The molecule has 0 spiro atoms. The van der Waals surface area contributed by atoms with E-state index in [2.05, 4.69) is 5.32 Å². The predicted octanol–water partition coefficient (Wildman–Crippen LogP) is 2.29. The number of hydrogen-bond donors (Lipinski definition) is 2. The smallest absolute Gasteiger partial charge is 0.220 e. The molecule has 4 nitrogen and oxygen atoms in total. The number of carbonyl (C=O) groups is 1. The molecule has 120 valence electrons. The van der Waals surface area contributed by atoms with Gasteiger partial charge in [-0.2, -0.15) is 0 Å². The maximum atomic E-state index is 11.8. The lowest BCUT2D eigenvalue weighted by Gasteiger charge is -2.17. The molecule has 0 aliphatic carbocycles. The predicted molar refractivity (Wildman–Crippen MR) is 92.2 cm³/mol. The summed E-state index contributed by atoms with van der Waals surface area (Å²) in [4.78, 5) is 11.7. The number of hydrogen-bond acceptors (Lipinski definition) is 3. The number of aryl methyl sites for hydroxylation is 1. The van der Waals surface area contributed by atoms with E-state index in [0.717, 1.165) is 5.56 Å². The molecular weight excluding hydrogens is 308 g/mol. The molecule has 1 amide bonds. The summed E-state index contributed by atoms with van der Waals surface area (Å²) in [5.41, 5.74) is 7.53. The van der Waals surface area contributed by atoms with E-state index < -0.39 is 10.8 Å². The standard InChI is InChI=1S/C15H24N2O2S.ClH/c1-15(2,3)20(19)11-10-17-14(18)9-8-12-6-4-5-7-13(12)16;/h4-7H,8-11,16H2,1-3H3,(H,17,18);1H. The summed E-state index contributed by atoms with van der Waals surface area (Å²) in [5, 5.41) is 2.80. The number of nitrogens with two attached hydrogens (primary N) is 1. The van der Waals surface area contributed by atoms with E-state index in [1.807, 2.05) is 45.0 Å². The van der Waals surface area contributed by atoms with Crippen molar-refractivity contribution in [2.75, 3.05) is 18.0 Å². The molecule has 0 radical (unpaired) electrons. The van der Waals surface area contributed by atoms with Crippen LogP contribution in [0.5, 0.6) is 0 Å². The first-order valence-electron chi connectivity index (χ1n) is 6.79. The van der Waals surface area contributed by atoms with E-state index in [1.54, 1.807) is 0 Å². The van der Waals surface area contributed by atoms with Crippen LogP contribution in [0.15, 0.2) is 24.3 Å². The van der Waals surface area contributed by atoms with Crippen LogP contribution in [0.3, 0.4) is 0 Å². The van der Waals surface area contributed by atoms with Gasteiger partial charge in [0.05, 0.1) is 0 Å². The monoisotopic (exact) mass is 332 g/mol. The van der Waals surface area contributed by atoms with Gasteiger partial charge in [-0.25, -0.2) is 0 Å². The molecule has 0 aliphatic rings. The molecule has 6 heteroatoms. The minimum Gasteiger partial charge on any atom is -0.399 e. The van der Waals surface area contributed by atoms with E-state index in [9.17, 15) is 9.00 Å².